The number of nitrogens with one attached hydrogen (secondary N) is 1. The van der Waals surface area contributed by atoms with Crippen LogP contribution in [0, 0.1) is 6.92 Å². The molecule has 1 aromatic carbocycles. The molecule has 0 radical (unpaired) electrons. The molecule has 184 valence electrons. The van der Waals surface area contributed by atoms with Crippen molar-refractivity contribution in [1.82, 2.24) is 39.7 Å². The molecule has 2 bridgehead atoms. The van der Waals surface area contributed by atoms with Crippen LogP contribution in [0.2, 0.25) is 0 Å². The quantitative estimate of drug-likeness (QED) is 0.399. The predicted octanol–water partition coefficient (Wildman–Crippen LogP) is 4.44. The number of H-pyrrole nitrogens is 1. The van der Waals surface area contributed by atoms with E-state index in [4.69, 9.17) is 4.98 Å². The summed E-state index contributed by atoms with van der Waals surface area (Å²) in [5, 5.41) is 11.4. The molecule has 6 heterocycles. The van der Waals surface area contributed by atoms with E-state index in [1.165, 1.54) is 0 Å². The average Bonchev–Trinajstić information content (AvgIpc) is 3.64. The van der Waals surface area contributed by atoms with Crippen molar-refractivity contribution in [3.05, 3.63) is 84.5 Å². The Morgan fingerprint density at radius 3 is 2.46 bits per heavy atom. The summed E-state index contributed by atoms with van der Waals surface area (Å²) in [5.74, 6) is 1.15. The number of piperidine rings is 1. The fourth-order valence-electron chi connectivity index (χ4n) is 5.95. The van der Waals surface area contributed by atoms with Crippen molar-refractivity contribution in [1.29, 1.82) is 0 Å². The van der Waals surface area contributed by atoms with Crippen molar-refractivity contribution < 1.29 is 4.79 Å². The van der Waals surface area contributed by atoms with Gasteiger partial charge in [0.2, 0.25) is 5.82 Å². The Bertz CT molecular complexity index is 1580. The summed E-state index contributed by atoms with van der Waals surface area (Å²) in [6, 6.07) is 16.7. The molecule has 2 aliphatic heterocycles. The van der Waals surface area contributed by atoms with Crippen molar-refractivity contribution in [3.8, 4) is 22.4 Å². The van der Waals surface area contributed by atoms with Gasteiger partial charge in [-0.3, -0.25) is 14.9 Å². The van der Waals surface area contributed by atoms with Gasteiger partial charge in [0.1, 0.15) is 5.82 Å². The number of aromatic amines is 1. The van der Waals surface area contributed by atoms with E-state index in [9.17, 15) is 4.79 Å². The number of hydrogen-bond donors (Lipinski definition) is 1. The molecular formula is C28H26N8O. The standard InChI is InChI=1S/C28H26N8O/c1-17-31-26(34-33-17)28(37)36-21-8-9-22(36)14-20(13-21)25-11-12-35-27(32-25)23(16-30-35)19-7-10-24(29-15-19)18-5-3-2-4-6-18/h2-7,10-12,15-16,20-22H,8-9,13-14H2,1H3,(H,31,33,34)/t20?,21-,22+. The maximum atomic E-state index is 13.1. The van der Waals surface area contributed by atoms with Crippen molar-refractivity contribution in [3.63, 3.8) is 0 Å². The Hall–Kier alpha value is -4.40. The van der Waals surface area contributed by atoms with E-state index in [2.05, 4.69) is 49.5 Å². The van der Waals surface area contributed by atoms with E-state index in [-0.39, 0.29) is 23.8 Å². The van der Waals surface area contributed by atoms with Crippen LogP contribution in [0.4, 0.5) is 0 Å². The Labute approximate surface area is 213 Å². The summed E-state index contributed by atoms with van der Waals surface area (Å²) >= 11 is 0. The average molecular weight is 491 g/mol. The zero-order valence-electron chi connectivity index (χ0n) is 20.5. The van der Waals surface area contributed by atoms with Gasteiger partial charge in [0, 0.05) is 52.8 Å². The lowest BCUT2D eigenvalue weighted by atomic mass is 9.88. The van der Waals surface area contributed by atoms with Gasteiger partial charge in [-0.05, 0) is 44.7 Å². The molecule has 9 heteroatoms. The fourth-order valence-corrected chi connectivity index (χ4v) is 5.95. The molecule has 5 aromatic rings. The Balaban J connectivity index is 1.15. The second-order valence-corrected chi connectivity index (χ2v) is 9.99. The number of rotatable bonds is 4. The van der Waals surface area contributed by atoms with E-state index in [1.807, 2.05) is 59.2 Å². The number of carbonyl (C=O) groups is 1. The molecule has 1 amide bonds. The molecule has 2 saturated heterocycles. The number of hydrogen-bond acceptors (Lipinski definition) is 6. The van der Waals surface area contributed by atoms with E-state index >= 15 is 0 Å². The van der Waals surface area contributed by atoms with E-state index in [0.29, 0.717) is 11.7 Å². The highest BCUT2D eigenvalue weighted by atomic mass is 16.2. The molecule has 7 rings (SSSR count). The number of amides is 1. The van der Waals surface area contributed by atoms with E-state index in [1.54, 1.807) is 0 Å². The highest BCUT2D eigenvalue weighted by molar-refractivity contribution is 5.91. The van der Waals surface area contributed by atoms with Crippen LogP contribution in [-0.2, 0) is 0 Å². The van der Waals surface area contributed by atoms with Crippen LogP contribution < -0.4 is 0 Å². The number of fused-ring (bicyclic) bond motifs is 3. The molecule has 3 atom stereocenters. The molecule has 1 unspecified atom stereocenters. The number of benzene rings is 1. The monoisotopic (exact) mass is 490 g/mol. The van der Waals surface area contributed by atoms with Gasteiger partial charge in [-0.25, -0.2) is 14.5 Å². The summed E-state index contributed by atoms with van der Waals surface area (Å²) in [5.41, 5.74) is 5.86. The molecule has 0 aliphatic carbocycles. The molecule has 0 saturated carbocycles. The lowest BCUT2D eigenvalue weighted by molar-refractivity contribution is 0.0557. The van der Waals surface area contributed by atoms with Gasteiger partial charge in [0.25, 0.3) is 5.91 Å². The minimum absolute atomic E-state index is 0.0664. The topological polar surface area (TPSA) is 105 Å². The van der Waals surface area contributed by atoms with Gasteiger partial charge in [0.15, 0.2) is 5.65 Å². The van der Waals surface area contributed by atoms with Crippen LogP contribution in [-0.4, -0.2) is 57.7 Å². The zero-order chi connectivity index (χ0) is 24.9. The molecule has 2 aliphatic rings. The summed E-state index contributed by atoms with van der Waals surface area (Å²) in [4.78, 5) is 29.2. The van der Waals surface area contributed by atoms with Crippen molar-refractivity contribution >= 4 is 11.6 Å². The van der Waals surface area contributed by atoms with Crippen LogP contribution in [0.5, 0.6) is 0 Å². The Morgan fingerprint density at radius 2 is 1.76 bits per heavy atom. The van der Waals surface area contributed by atoms with Crippen molar-refractivity contribution in [2.75, 3.05) is 0 Å². The summed E-state index contributed by atoms with van der Waals surface area (Å²) in [6.45, 7) is 1.81. The second-order valence-electron chi connectivity index (χ2n) is 9.99. The van der Waals surface area contributed by atoms with Crippen molar-refractivity contribution in [2.24, 2.45) is 0 Å². The van der Waals surface area contributed by atoms with E-state index < -0.39 is 0 Å². The largest absolute Gasteiger partial charge is 0.330 e. The molecule has 37 heavy (non-hydrogen) atoms. The zero-order valence-corrected chi connectivity index (χ0v) is 20.5. The molecule has 0 spiro atoms. The SMILES string of the molecule is Cc1nc(C(=O)N2[C@@H]3CC[C@H]2CC(c2ccn4ncc(-c5ccc(-c6ccccc6)nc5)c4n2)C3)n[nH]1. The summed E-state index contributed by atoms with van der Waals surface area (Å²) < 4.78 is 1.82. The van der Waals surface area contributed by atoms with Crippen LogP contribution in [0.1, 0.15) is 53.7 Å². The van der Waals surface area contributed by atoms with Gasteiger partial charge in [-0.15, -0.1) is 5.10 Å². The van der Waals surface area contributed by atoms with Crippen LogP contribution in [0.3, 0.4) is 0 Å². The van der Waals surface area contributed by atoms with Crippen LogP contribution in [0.25, 0.3) is 28.0 Å². The number of nitrogens with zero attached hydrogens (tertiary/aromatic N) is 7. The Kier molecular flexibility index (Phi) is 5.09. The van der Waals surface area contributed by atoms with Gasteiger partial charge < -0.3 is 4.90 Å². The smallest absolute Gasteiger partial charge is 0.294 e. The predicted molar refractivity (Wildman–Crippen MR) is 138 cm³/mol. The number of pyridine rings is 1. The molecule has 9 nitrogen and oxygen atoms in total. The maximum absolute atomic E-state index is 13.1. The van der Waals surface area contributed by atoms with Crippen molar-refractivity contribution in [2.45, 2.75) is 50.6 Å². The van der Waals surface area contributed by atoms with Gasteiger partial charge in [0.05, 0.1) is 11.9 Å². The molecule has 2 fully saturated rings. The first kappa shape index (κ1) is 21.8. The van der Waals surface area contributed by atoms with Gasteiger partial charge >= 0.3 is 0 Å². The number of aryl methyl sites for hydroxylation is 1. The lowest BCUT2D eigenvalue weighted by Gasteiger charge is -2.38. The third-order valence-corrected chi connectivity index (χ3v) is 7.71. The molecule has 4 aromatic heterocycles. The molecule has 1 N–H and O–H groups in total. The summed E-state index contributed by atoms with van der Waals surface area (Å²) in [6.07, 6.45) is 9.55. The lowest BCUT2D eigenvalue weighted by Crippen LogP contribution is -2.46. The van der Waals surface area contributed by atoms with Crippen LogP contribution >= 0.6 is 0 Å². The number of carbonyl (C=O) groups excluding carboxylic acids is 1. The minimum Gasteiger partial charge on any atom is -0.330 e. The Morgan fingerprint density at radius 1 is 0.946 bits per heavy atom. The third-order valence-electron chi connectivity index (χ3n) is 7.71. The van der Waals surface area contributed by atoms with Gasteiger partial charge in [-0.2, -0.15) is 5.10 Å². The first-order valence-electron chi connectivity index (χ1n) is 12.7. The fraction of sp³-hybridized carbons (Fsp3) is 0.286. The number of aromatic nitrogens is 7. The van der Waals surface area contributed by atoms with E-state index in [0.717, 1.165) is 59.4 Å². The first-order valence-corrected chi connectivity index (χ1v) is 12.7. The maximum Gasteiger partial charge on any atom is 0.294 e. The molecular weight excluding hydrogens is 464 g/mol. The third kappa shape index (κ3) is 3.78. The second kappa shape index (κ2) is 8.62. The van der Waals surface area contributed by atoms with Gasteiger partial charge in [-0.1, -0.05) is 36.4 Å². The highest BCUT2D eigenvalue weighted by Gasteiger charge is 2.45. The highest BCUT2D eigenvalue weighted by Crippen LogP contribution is 2.43. The normalized spacial score (nSPS) is 21.0. The summed E-state index contributed by atoms with van der Waals surface area (Å²) in [7, 11) is 0. The minimum atomic E-state index is -0.0664. The van der Waals surface area contributed by atoms with Crippen LogP contribution in [0.15, 0.2) is 67.1 Å². The first-order chi connectivity index (χ1) is 18.1.